The van der Waals surface area contributed by atoms with Crippen LogP contribution in [0.25, 0.3) is 0 Å². The topological polar surface area (TPSA) is 107 Å². The van der Waals surface area contributed by atoms with Crippen LogP contribution in [-0.2, 0) is 14.8 Å². The number of carbonyl (C=O) groups excluding carboxylic acids is 1. The van der Waals surface area contributed by atoms with E-state index < -0.39 is 20.9 Å². The van der Waals surface area contributed by atoms with E-state index in [2.05, 4.69) is 6.58 Å². The first-order chi connectivity index (χ1) is 12.3. The Morgan fingerprint density at radius 1 is 1.23 bits per heavy atom. The molecule has 8 nitrogen and oxygen atoms in total. The van der Waals surface area contributed by atoms with Gasteiger partial charge < -0.3 is 4.74 Å². The third kappa shape index (κ3) is 3.72. The monoisotopic (exact) mass is 376 g/mol. The second-order valence-electron chi connectivity index (χ2n) is 5.08. The standard InChI is InChI=1S/C17H16N2O6S/c1-3-12-18(16-7-5-4-6-15(16)17(20)25-2)26(23,24)14-10-8-13(9-11-14)19(21)22/h3-11H,1,12H2,2H3. The Morgan fingerprint density at radius 2 is 1.85 bits per heavy atom. The normalized spacial score (nSPS) is 10.8. The Kier molecular flexibility index (Phi) is 5.73. The second kappa shape index (κ2) is 7.79. The third-order valence-electron chi connectivity index (χ3n) is 3.51. The highest BCUT2D eigenvalue weighted by molar-refractivity contribution is 7.92. The van der Waals surface area contributed by atoms with Crippen LogP contribution < -0.4 is 4.31 Å². The van der Waals surface area contributed by atoms with Crippen LogP contribution in [0.3, 0.4) is 0 Å². The summed E-state index contributed by atoms with van der Waals surface area (Å²) in [5, 5.41) is 10.8. The van der Waals surface area contributed by atoms with Gasteiger partial charge in [-0.25, -0.2) is 13.2 Å². The quantitative estimate of drug-likeness (QED) is 0.318. The van der Waals surface area contributed by atoms with Gasteiger partial charge >= 0.3 is 5.97 Å². The molecule has 2 rings (SSSR count). The van der Waals surface area contributed by atoms with Crippen molar-refractivity contribution in [1.82, 2.24) is 0 Å². The Hall–Kier alpha value is -3.20. The maximum Gasteiger partial charge on any atom is 0.340 e. The highest BCUT2D eigenvalue weighted by Gasteiger charge is 2.28. The molecule has 0 aromatic heterocycles. The van der Waals surface area contributed by atoms with E-state index >= 15 is 0 Å². The van der Waals surface area contributed by atoms with Crippen LogP contribution in [0.15, 0.2) is 66.1 Å². The molecule has 0 amide bonds. The van der Waals surface area contributed by atoms with Crippen LogP contribution in [0.4, 0.5) is 11.4 Å². The molecule has 0 aliphatic heterocycles. The van der Waals surface area contributed by atoms with Crippen molar-refractivity contribution in [2.75, 3.05) is 18.0 Å². The van der Waals surface area contributed by atoms with Crippen molar-refractivity contribution in [3.63, 3.8) is 0 Å². The van der Waals surface area contributed by atoms with Gasteiger partial charge in [0.05, 0.1) is 34.7 Å². The lowest BCUT2D eigenvalue weighted by Crippen LogP contribution is -2.32. The first-order valence-corrected chi connectivity index (χ1v) is 8.82. The Morgan fingerprint density at radius 3 is 2.38 bits per heavy atom. The van der Waals surface area contributed by atoms with Crippen LogP contribution in [0, 0.1) is 10.1 Å². The van der Waals surface area contributed by atoms with E-state index in [0.29, 0.717) is 0 Å². The van der Waals surface area contributed by atoms with Crippen LogP contribution in [0.1, 0.15) is 10.4 Å². The minimum Gasteiger partial charge on any atom is -0.465 e. The number of anilines is 1. The molecule has 0 atom stereocenters. The lowest BCUT2D eigenvalue weighted by molar-refractivity contribution is -0.384. The van der Waals surface area contributed by atoms with Crippen molar-refractivity contribution in [2.45, 2.75) is 4.90 Å². The Balaban J connectivity index is 2.58. The van der Waals surface area contributed by atoms with Gasteiger partial charge in [-0.1, -0.05) is 18.2 Å². The van der Waals surface area contributed by atoms with Crippen LogP contribution in [0.2, 0.25) is 0 Å². The number of nitro benzene ring substituents is 1. The average Bonchev–Trinajstić information content (AvgIpc) is 2.65. The summed E-state index contributed by atoms with van der Waals surface area (Å²) in [6, 6.07) is 10.6. The lowest BCUT2D eigenvalue weighted by atomic mass is 10.2. The van der Waals surface area contributed by atoms with E-state index in [4.69, 9.17) is 4.74 Å². The summed E-state index contributed by atoms with van der Waals surface area (Å²) in [7, 11) is -2.90. The van der Waals surface area contributed by atoms with Gasteiger partial charge in [0.15, 0.2) is 0 Å². The number of methoxy groups -OCH3 is 1. The highest BCUT2D eigenvalue weighted by Crippen LogP contribution is 2.28. The smallest absolute Gasteiger partial charge is 0.340 e. The van der Waals surface area contributed by atoms with Crippen LogP contribution in [0.5, 0.6) is 0 Å². The van der Waals surface area contributed by atoms with Gasteiger partial charge in [0, 0.05) is 12.1 Å². The van der Waals surface area contributed by atoms with E-state index in [1.807, 2.05) is 0 Å². The van der Waals surface area contributed by atoms with E-state index in [-0.39, 0.29) is 28.4 Å². The zero-order valence-electron chi connectivity index (χ0n) is 13.9. The zero-order valence-corrected chi connectivity index (χ0v) is 14.7. The molecule has 0 unspecified atom stereocenters. The summed E-state index contributed by atoms with van der Waals surface area (Å²) < 4.78 is 31.7. The summed E-state index contributed by atoms with van der Waals surface area (Å²) >= 11 is 0. The number of benzene rings is 2. The maximum absolute atomic E-state index is 13.0. The molecule has 0 saturated heterocycles. The van der Waals surface area contributed by atoms with Gasteiger partial charge in [-0.3, -0.25) is 14.4 Å². The van der Waals surface area contributed by atoms with Crippen LogP contribution in [-0.4, -0.2) is 33.0 Å². The first-order valence-electron chi connectivity index (χ1n) is 7.38. The SMILES string of the molecule is C=CCN(c1ccccc1C(=O)OC)S(=O)(=O)c1ccc([N+](=O)[O-])cc1. The summed E-state index contributed by atoms with van der Waals surface area (Å²) in [5.41, 5.74) is -0.0332. The molecule has 0 bridgehead atoms. The highest BCUT2D eigenvalue weighted by atomic mass is 32.2. The summed E-state index contributed by atoms with van der Waals surface area (Å²) in [4.78, 5) is 22.0. The predicted octanol–water partition coefficient (Wildman–Crippen LogP) is 2.76. The van der Waals surface area contributed by atoms with Gasteiger partial charge in [0.2, 0.25) is 0 Å². The van der Waals surface area contributed by atoms with Gasteiger partial charge in [-0.05, 0) is 24.3 Å². The van der Waals surface area contributed by atoms with Gasteiger partial charge in [-0.2, -0.15) is 0 Å². The summed E-state index contributed by atoms with van der Waals surface area (Å²) in [5.74, 6) is -0.687. The number of non-ortho nitro benzene ring substituents is 1. The molecule has 0 saturated carbocycles. The number of ether oxygens (including phenoxy) is 1. The van der Waals surface area contributed by atoms with Crippen molar-refractivity contribution in [3.05, 3.63) is 76.9 Å². The van der Waals surface area contributed by atoms with Crippen molar-refractivity contribution >= 4 is 27.4 Å². The minimum absolute atomic E-state index is 0.0716. The first kappa shape index (κ1) is 19.1. The van der Waals surface area contributed by atoms with Crippen molar-refractivity contribution in [2.24, 2.45) is 0 Å². The fourth-order valence-corrected chi connectivity index (χ4v) is 3.74. The molecule has 2 aromatic carbocycles. The molecule has 0 N–H and O–H groups in total. The van der Waals surface area contributed by atoms with E-state index in [9.17, 15) is 23.3 Å². The molecule has 0 aliphatic carbocycles. The maximum atomic E-state index is 13.0. The lowest BCUT2D eigenvalue weighted by Gasteiger charge is -2.24. The summed E-state index contributed by atoms with van der Waals surface area (Å²) in [6.45, 7) is 3.45. The molecule has 2 aromatic rings. The van der Waals surface area contributed by atoms with Gasteiger partial charge in [-0.15, -0.1) is 6.58 Å². The fraction of sp³-hybridized carbons (Fsp3) is 0.118. The number of para-hydroxylation sites is 1. The molecule has 0 fully saturated rings. The summed E-state index contributed by atoms with van der Waals surface area (Å²) in [6.07, 6.45) is 1.37. The van der Waals surface area contributed by atoms with E-state index in [1.54, 1.807) is 12.1 Å². The molecule has 136 valence electrons. The second-order valence-corrected chi connectivity index (χ2v) is 6.95. The van der Waals surface area contributed by atoms with Gasteiger partial charge in [0.25, 0.3) is 15.7 Å². The number of nitro groups is 1. The van der Waals surface area contributed by atoms with E-state index in [0.717, 1.165) is 28.6 Å². The molecular weight excluding hydrogens is 360 g/mol. The minimum atomic E-state index is -4.09. The fourth-order valence-electron chi connectivity index (χ4n) is 2.28. The number of carbonyl (C=O) groups is 1. The molecule has 0 aliphatic rings. The number of hydrogen-bond acceptors (Lipinski definition) is 6. The molecule has 9 heteroatoms. The Labute approximate surface area is 150 Å². The van der Waals surface area contributed by atoms with Crippen molar-refractivity contribution in [1.29, 1.82) is 0 Å². The molecule has 0 spiro atoms. The number of sulfonamides is 1. The number of rotatable bonds is 7. The number of esters is 1. The number of nitrogens with zero attached hydrogens (tertiary/aromatic N) is 2. The number of hydrogen-bond donors (Lipinski definition) is 0. The molecule has 0 radical (unpaired) electrons. The van der Waals surface area contributed by atoms with Gasteiger partial charge in [0.1, 0.15) is 0 Å². The van der Waals surface area contributed by atoms with Crippen molar-refractivity contribution < 1.29 is 22.9 Å². The molecular formula is C17H16N2O6S. The average molecular weight is 376 g/mol. The van der Waals surface area contributed by atoms with Crippen LogP contribution >= 0.6 is 0 Å². The van der Waals surface area contributed by atoms with E-state index in [1.165, 1.54) is 25.3 Å². The predicted molar refractivity (Wildman–Crippen MR) is 95.6 cm³/mol. The largest absolute Gasteiger partial charge is 0.465 e. The molecule has 0 heterocycles. The Bertz CT molecular complexity index is 938. The third-order valence-corrected chi connectivity index (χ3v) is 5.30. The van der Waals surface area contributed by atoms with Crippen molar-refractivity contribution in [3.8, 4) is 0 Å². The molecule has 26 heavy (non-hydrogen) atoms. The zero-order chi connectivity index (χ0) is 19.3.